The molecule has 1 heterocycles. The number of aromatic nitrogens is 1. The van der Waals surface area contributed by atoms with Crippen molar-refractivity contribution in [1.29, 1.82) is 0 Å². The summed E-state index contributed by atoms with van der Waals surface area (Å²) in [5, 5.41) is 1.21. The number of pyridine rings is 1. The third-order valence-corrected chi connectivity index (χ3v) is 2.44. The van der Waals surface area contributed by atoms with E-state index in [0.717, 1.165) is 11.1 Å². The maximum Gasteiger partial charge on any atom is 0.0707 e. The zero-order chi connectivity index (χ0) is 10.1. The maximum atomic E-state index is 5.58. The van der Waals surface area contributed by atoms with Crippen molar-refractivity contribution in [3.05, 3.63) is 41.1 Å². The lowest BCUT2D eigenvalue weighted by molar-refractivity contribution is 1.06. The van der Waals surface area contributed by atoms with Gasteiger partial charge in [-0.1, -0.05) is 6.07 Å². The van der Waals surface area contributed by atoms with Crippen LogP contribution in [0.15, 0.2) is 24.4 Å². The first kappa shape index (κ1) is 9.16. The lowest BCUT2D eigenvalue weighted by atomic mass is 10.0. The molecular formula is C12H14N2. The molecule has 2 N–H and O–H groups in total. The molecule has 0 atom stereocenters. The van der Waals surface area contributed by atoms with Gasteiger partial charge in [0.05, 0.1) is 5.52 Å². The zero-order valence-electron chi connectivity index (χ0n) is 8.54. The first-order chi connectivity index (χ1) is 6.70. The minimum Gasteiger partial charge on any atom is -0.326 e. The SMILES string of the molecule is Cc1cc(C)c2cc(CN)cnc2c1. The minimum absolute atomic E-state index is 0.552. The van der Waals surface area contributed by atoms with E-state index < -0.39 is 0 Å². The molecule has 2 nitrogen and oxygen atoms in total. The number of nitrogens with two attached hydrogens (primary N) is 1. The van der Waals surface area contributed by atoms with Crippen molar-refractivity contribution in [3.8, 4) is 0 Å². The highest BCUT2D eigenvalue weighted by atomic mass is 14.7. The molecule has 0 radical (unpaired) electrons. The van der Waals surface area contributed by atoms with Crippen LogP contribution in [0.4, 0.5) is 0 Å². The van der Waals surface area contributed by atoms with E-state index in [1.54, 1.807) is 0 Å². The van der Waals surface area contributed by atoms with E-state index in [0.29, 0.717) is 6.54 Å². The second-order valence-electron chi connectivity index (χ2n) is 3.70. The van der Waals surface area contributed by atoms with Crippen LogP contribution in [0.1, 0.15) is 16.7 Å². The van der Waals surface area contributed by atoms with Crippen molar-refractivity contribution < 1.29 is 0 Å². The average Bonchev–Trinajstić information content (AvgIpc) is 2.17. The van der Waals surface area contributed by atoms with Gasteiger partial charge in [0.25, 0.3) is 0 Å². The molecule has 0 aliphatic rings. The van der Waals surface area contributed by atoms with Crippen molar-refractivity contribution in [2.45, 2.75) is 20.4 Å². The topological polar surface area (TPSA) is 38.9 Å². The van der Waals surface area contributed by atoms with Gasteiger partial charge in [0.15, 0.2) is 0 Å². The monoisotopic (exact) mass is 186 g/mol. The lowest BCUT2D eigenvalue weighted by Gasteiger charge is -2.05. The molecule has 72 valence electrons. The summed E-state index contributed by atoms with van der Waals surface area (Å²) in [6, 6.07) is 6.39. The Morgan fingerprint density at radius 3 is 2.71 bits per heavy atom. The molecule has 0 amide bonds. The highest BCUT2D eigenvalue weighted by molar-refractivity contribution is 5.83. The van der Waals surface area contributed by atoms with Crippen molar-refractivity contribution in [3.63, 3.8) is 0 Å². The van der Waals surface area contributed by atoms with Crippen LogP contribution in [-0.4, -0.2) is 4.98 Å². The van der Waals surface area contributed by atoms with Crippen molar-refractivity contribution in [1.82, 2.24) is 4.98 Å². The third kappa shape index (κ3) is 1.49. The summed E-state index contributed by atoms with van der Waals surface area (Å²) in [4.78, 5) is 4.39. The van der Waals surface area contributed by atoms with E-state index in [1.165, 1.54) is 16.5 Å². The second kappa shape index (κ2) is 3.39. The van der Waals surface area contributed by atoms with E-state index >= 15 is 0 Å². The average molecular weight is 186 g/mol. The van der Waals surface area contributed by atoms with Gasteiger partial charge >= 0.3 is 0 Å². The van der Waals surface area contributed by atoms with Crippen LogP contribution >= 0.6 is 0 Å². The molecule has 0 spiro atoms. The van der Waals surface area contributed by atoms with Gasteiger partial charge in [0.1, 0.15) is 0 Å². The van der Waals surface area contributed by atoms with Crippen LogP contribution in [0.3, 0.4) is 0 Å². The summed E-state index contributed by atoms with van der Waals surface area (Å²) >= 11 is 0. The molecule has 2 aromatic rings. The van der Waals surface area contributed by atoms with Gasteiger partial charge < -0.3 is 5.73 Å². The van der Waals surface area contributed by atoms with Crippen LogP contribution < -0.4 is 5.73 Å². The Kier molecular flexibility index (Phi) is 2.22. The standard InChI is InChI=1S/C12H14N2/c1-8-3-9(2)11-5-10(6-13)7-14-12(11)4-8/h3-5,7H,6,13H2,1-2H3. The highest BCUT2D eigenvalue weighted by Crippen LogP contribution is 2.19. The minimum atomic E-state index is 0.552. The van der Waals surface area contributed by atoms with E-state index in [-0.39, 0.29) is 0 Å². The van der Waals surface area contributed by atoms with Gasteiger partial charge in [-0.25, -0.2) is 0 Å². The zero-order valence-corrected chi connectivity index (χ0v) is 8.54. The normalized spacial score (nSPS) is 10.8. The van der Waals surface area contributed by atoms with Crippen LogP contribution in [0.2, 0.25) is 0 Å². The van der Waals surface area contributed by atoms with Gasteiger partial charge in [0, 0.05) is 18.1 Å². The molecule has 0 unspecified atom stereocenters. The van der Waals surface area contributed by atoms with E-state index in [9.17, 15) is 0 Å². The first-order valence-corrected chi connectivity index (χ1v) is 4.76. The number of benzene rings is 1. The Morgan fingerprint density at radius 2 is 2.00 bits per heavy atom. The Balaban J connectivity index is 2.75. The van der Waals surface area contributed by atoms with Gasteiger partial charge in [-0.05, 0) is 42.7 Å². The highest BCUT2D eigenvalue weighted by Gasteiger charge is 2.00. The Labute approximate surface area is 83.8 Å². The molecule has 2 rings (SSSR count). The number of aryl methyl sites for hydroxylation is 2. The van der Waals surface area contributed by atoms with E-state index in [1.807, 2.05) is 6.20 Å². The van der Waals surface area contributed by atoms with E-state index in [4.69, 9.17) is 5.73 Å². The fraction of sp³-hybridized carbons (Fsp3) is 0.250. The number of rotatable bonds is 1. The molecule has 0 saturated carbocycles. The fourth-order valence-electron chi connectivity index (χ4n) is 1.74. The quantitative estimate of drug-likeness (QED) is 0.742. The van der Waals surface area contributed by atoms with Crippen molar-refractivity contribution in [2.75, 3.05) is 0 Å². The molecule has 0 saturated heterocycles. The number of hydrogen-bond donors (Lipinski definition) is 1. The molecular weight excluding hydrogens is 172 g/mol. The third-order valence-electron chi connectivity index (χ3n) is 2.44. The molecule has 14 heavy (non-hydrogen) atoms. The Bertz CT molecular complexity index is 475. The van der Waals surface area contributed by atoms with Crippen molar-refractivity contribution >= 4 is 10.9 Å². The summed E-state index contributed by atoms with van der Waals surface area (Å²) in [7, 11) is 0. The van der Waals surface area contributed by atoms with Gasteiger partial charge in [-0.2, -0.15) is 0 Å². The summed E-state index contributed by atoms with van der Waals surface area (Å²) in [6.45, 7) is 4.75. The maximum absolute atomic E-state index is 5.58. The summed E-state index contributed by atoms with van der Waals surface area (Å²) in [5.41, 5.74) is 10.2. The molecule has 1 aromatic carbocycles. The number of fused-ring (bicyclic) bond motifs is 1. The number of nitrogens with zero attached hydrogens (tertiary/aromatic N) is 1. The molecule has 0 aliphatic carbocycles. The van der Waals surface area contributed by atoms with Crippen molar-refractivity contribution in [2.24, 2.45) is 5.73 Å². The van der Waals surface area contributed by atoms with Crippen LogP contribution in [0, 0.1) is 13.8 Å². The summed E-state index contributed by atoms with van der Waals surface area (Å²) in [6.07, 6.45) is 1.85. The first-order valence-electron chi connectivity index (χ1n) is 4.76. The van der Waals surface area contributed by atoms with Gasteiger partial charge in [-0.15, -0.1) is 0 Å². The molecule has 2 heteroatoms. The lowest BCUT2D eigenvalue weighted by Crippen LogP contribution is -1.97. The van der Waals surface area contributed by atoms with E-state index in [2.05, 4.69) is 37.0 Å². The Morgan fingerprint density at radius 1 is 1.21 bits per heavy atom. The van der Waals surface area contributed by atoms with Crippen LogP contribution in [0.25, 0.3) is 10.9 Å². The molecule has 1 aromatic heterocycles. The fourth-order valence-corrected chi connectivity index (χ4v) is 1.74. The Hall–Kier alpha value is -1.41. The van der Waals surface area contributed by atoms with Crippen LogP contribution in [0.5, 0.6) is 0 Å². The smallest absolute Gasteiger partial charge is 0.0707 e. The molecule has 0 aliphatic heterocycles. The summed E-state index contributed by atoms with van der Waals surface area (Å²) < 4.78 is 0. The largest absolute Gasteiger partial charge is 0.326 e. The molecule has 0 bridgehead atoms. The summed E-state index contributed by atoms with van der Waals surface area (Å²) in [5.74, 6) is 0. The second-order valence-corrected chi connectivity index (χ2v) is 3.70. The van der Waals surface area contributed by atoms with Crippen LogP contribution in [-0.2, 0) is 6.54 Å². The predicted octanol–water partition coefficient (Wildman–Crippen LogP) is 2.31. The number of hydrogen-bond acceptors (Lipinski definition) is 2. The molecule has 0 fully saturated rings. The van der Waals surface area contributed by atoms with Gasteiger partial charge in [0.2, 0.25) is 0 Å². The van der Waals surface area contributed by atoms with Gasteiger partial charge in [-0.3, -0.25) is 4.98 Å². The predicted molar refractivity (Wildman–Crippen MR) is 59.1 cm³/mol.